The Labute approximate surface area is 165 Å². The summed E-state index contributed by atoms with van der Waals surface area (Å²) >= 11 is 6.14. The number of hydrogen-bond acceptors (Lipinski definition) is 4. The Bertz CT molecular complexity index is 962. The number of rotatable bonds is 4. The first kappa shape index (κ1) is 20.9. The van der Waals surface area contributed by atoms with Crippen LogP contribution in [-0.2, 0) is 23.2 Å². The van der Waals surface area contributed by atoms with Crippen LogP contribution in [0.5, 0.6) is 0 Å². The molecule has 0 spiro atoms. The third-order valence-corrected chi connectivity index (χ3v) is 4.07. The lowest BCUT2D eigenvalue weighted by Crippen LogP contribution is -2.09. The maximum atomic E-state index is 13.0. The molecular formula is C19H17ClFN3O4. The average Bonchev–Trinajstić information content (AvgIpc) is 3.03. The van der Waals surface area contributed by atoms with E-state index < -0.39 is 11.9 Å². The van der Waals surface area contributed by atoms with Crippen LogP contribution < -0.4 is 5.32 Å². The number of hydrogen-bond donors (Lipinski definition) is 3. The smallest absolute Gasteiger partial charge is 0.414 e. The number of carboxylic acid groups (broad SMARTS) is 2. The molecule has 0 fully saturated rings. The maximum Gasteiger partial charge on any atom is 0.414 e. The molecule has 28 heavy (non-hydrogen) atoms. The minimum absolute atomic E-state index is 0.247. The van der Waals surface area contributed by atoms with Gasteiger partial charge in [-0.3, -0.25) is 0 Å². The largest absolute Gasteiger partial charge is 0.473 e. The SMILES string of the molecule is Cn1c(-c2ccc(F)cc2)cnc1NCc1ccccc1Cl.O=C(O)C(=O)O. The van der Waals surface area contributed by atoms with E-state index in [4.69, 9.17) is 31.4 Å². The van der Waals surface area contributed by atoms with Crippen LogP contribution in [0.4, 0.5) is 10.3 Å². The standard InChI is InChI=1S/C17H15ClFN3.C2H2O4/c1-22-16(12-6-8-14(19)9-7-12)11-21-17(22)20-10-13-4-2-3-5-15(13)18;3-1(4)2(5)6/h2-9,11H,10H2,1H3,(H,20,21);(H,3,4)(H,5,6). The lowest BCUT2D eigenvalue weighted by Gasteiger charge is -2.09. The van der Waals surface area contributed by atoms with Crippen molar-refractivity contribution in [1.82, 2.24) is 9.55 Å². The molecule has 0 bridgehead atoms. The number of aromatic nitrogens is 2. The van der Waals surface area contributed by atoms with Crippen molar-refractivity contribution in [1.29, 1.82) is 0 Å². The van der Waals surface area contributed by atoms with Gasteiger partial charge in [0.1, 0.15) is 5.82 Å². The molecule has 7 nitrogen and oxygen atoms in total. The molecule has 0 aliphatic heterocycles. The van der Waals surface area contributed by atoms with Crippen LogP contribution in [0.3, 0.4) is 0 Å². The van der Waals surface area contributed by atoms with Crippen molar-refractivity contribution in [3.05, 3.63) is 71.1 Å². The van der Waals surface area contributed by atoms with Gasteiger partial charge in [0.15, 0.2) is 0 Å². The number of anilines is 1. The van der Waals surface area contributed by atoms with E-state index in [1.807, 2.05) is 35.9 Å². The van der Waals surface area contributed by atoms with Crippen LogP contribution in [0.15, 0.2) is 54.7 Å². The van der Waals surface area contributed by atoms with Crippen molar-refractivity contribution in [2.24, 2.45) is 7.05 Å². The Balaban J connectivity index is 0.000000409. The Morgan fingerprint density at radius 2 is 1.71 bits per heavy atom. The van der Waals surface area contributed by atoms with E-state index in [2.05, 4.69) is 10.3 Å². The molecule has 3 rings (SSSR count). The molecule has 146 valence electrons. The summed E-state index contributed by atoms with van der Waals surface area (Å²) in [6.45, 7) is 0.591. The van der Waals surface area contributed by atoms with Gasteiger partial charge in [0.05, 0.1) is 11.9 Å². The van der Waals surface area contributed by atoms with Gasteiger partial charge in [-0.25, -0.2) is 19.0 Å². The van der Waals surface area contributed by atoms with Crippen molar-refractivity contribution in [2.75, 3.05) is 5.32 Å². The van der Waals surface area contributed by atoms with Gasteiger partial charge in [-0.2, -0.15) is 0 Å². The number of halogens is 2. The number of benzene rings is 2. The molecule has 0 unspecified atom stereocenters. The molecule has 0 amide bonds. The van der Waals surface area contributed by atoms with Gasteiger partial charge in [-0.1, -0.05) is 29.8 Å². The summed E-state index contributed by atoms with van der Waals surface area (Å²) < 4.78 is 14.9. The molecule has 3 N–H and O–H groups in total. The highest BCUT2D eigenvalue weighted by atomic mass is 35.5. The monoisotopic (exact) mass is 405 g/mol. The van der Waals surface area contributed by atoms with E-state index >= 15 is 0 Å². The zero-order valence-corrected chi connectivity index (χ0v) is 15.5. The molecule has 0 aliphatic carbocycles. The Kier molecular flexibility index (Phi) is 7.11. The topological polar surface area (TPSA) is 104 Å². The van der Waals surface area contributed by atoms with Gasteiger partial charge < -0.3 is 20.1 Å². The van der Waals surface area contributed by atoms with Crippen LogP contribution in [0.1, 0.15) is 5.56 Å². The van der Waals surface area contributed by atoms with E-state index in [1.54, 1.807) is 18.3 Å². The molecule has 2 aromatic carbocycles. The first-order valence-electron chi connectivity index (χ1n) is 8.00. The highest BCUT2D eigenvalue weighted by Gasteiger charge is 2.09. The quantitative estimate of drug-likeness (QED) is 0.572. The summed E-state index contributed by atoms with van der Waals surface area (Å²) in [6, 6.07) is 14.1. The molecule has 0 radical (unpaired) electrons. The number of nitrogens with zero attached hydrogens (tertiary/aromatic N) is 2. The molecule has 0 atom stereocenters. The minimum Gasteiger partial charge on any atom is -0.473 e. The van der Waals surface area contributed by atoms with Crippen LogP contribution in [0.25, 0.3) is 11.3 Å². The van der Waals surface area contributed by atoms with Crippen molar-refractivity contribution in [3.63, 3.8) is 0 Å². The maximum absolute atomic E-state index is 13.0. The van der Waals surface area contributed by atoms with Gasteiger partial charge in [0.2, 0.25) is 5.95 Å². The minimum atomic E-state index is -1.82. The van der Waals surface area contributed by atoms with Crippen LogP contribution in [0, 0.1) is 5.82 Å². The van der Waals surface area contributed by atoms with Gasteiger partial charge >= 0.3 is 11.9 Å². The summed E-state index contributed by atoms with van der Waals surface area (Å²) in [4.78, 5) is 22.6. The zero-order chi connectivity index (χ0) is 20.7. The average molecular weight is 406 g/mol. The molecule has 0 aliphatic rings. The molecule has 3 aromatic rings. The van der Waals surface area contributed by atoms with Crippen molar-refractivity contribution >= 4 is 29.5 Å². The summed E-state index contributed by atoms with van der Waals surface area (Å²) in [5.41, 5.74) is 2.85. The number of nitrogens with one attached hydrogen (secondary N) is 1. The second kappa shape index (κ2) is 9.52. The molecule has 1 aromatic heterocycles. The van der Waals surface area contributed by atoms with Crippen molar-refractivity contribution in [3.8, 4) is 11.3 Å². The number of carbonyl (C=O) groups is 2. The Morgan fingerprint density at radius 3 is 2.29 bits per heavy atom. The van der Waals surface area contributed by atoms with E-state index in [0.717, 1.165) is 27.8 Å². The fourth-order valence-electron chi connectivity index (χ4n) is 2.28. The van der Waals surface area contributed by atoms with E-state index in [1.165, 1.54) is 12.1 Å². The lowest BCUT2D eigenvalue weighted by molar-refractivity contribution is -0.159. The second-order valence-corrected chi connectivity index (χ2v) is 6.00. The van der Waals surface area contributed by atoms with Gasteiger partial charge in [-0.15, -0.1) is 0 Å². The molecular weight excluding hydrogens is 389 g/mol. The van der Waals surface area contributed by atoms with Gasteiger partial charge in [0.25, 0.3) is 0 Å². The summed E-state index contributed by atoms with van der Waals surface area (Å²) in [5, 5.41) is 18.8. The summed E-state index contributed by atoms with van der Waals surface area (Å²) in [7, 11) is 1.92. The van der Waals surface area contributed by atoms with Crippen molar-refractivity contribution < 1.29 is 24.2 Å². The first-order chi connectivity index (χ1) is 13.3. The number of imidazole rings is 1. The summed E-state index contributed by atoms with van der Waals surface area (Å²) in [6.07, 6.45) is 1.77. The van der Waals surface area contributed by atoms with Crippen LogP contribution in [-0.4, -0.2) is 31.7 Å². The fraction of sp³-hybridized carbons (Fsp3) is 0.105. The van der Waals surface area contributed by atoms with Crippen LogP contribution >= 0.6 is 11.6 Å². The van der Waals surface area contributed by atoms with Crippen molar-refractivity contribution in [2.45, 2.75) is 6.54 Å². The normalized spacial score (nSPS) is 9.96. The van der Waals surface area contributed by atoms with Gasteiger partial charge in [-0.05, 0) is 35.9 Å². The predicted octanol–water partition coefficient (Wildman–Crippen LogP) is 3.65. The summed E-state index contributed by atoms with van der Waals surface area (Å²) in [5.74, 6) is -3.16. The Morgan fingerprint density at radius 1 is 1.11 bits per heavy atom. The number of aliphatic carboxylic acids is 2. The lowest BCUT2D eigenvalue weighted by atomic mass is 10.2. The van der Waals surface area contributed by atoms with Crippen LogP contribution in [0.2, 0.25) is 5.02 Å². The second-order valence-electron chi connectivity index (χ2n) is 5.59. The van der Waals surface area contributed by atoms with E-state index in [0.29, 0.717) is 6.54 Å². The van der Waals surface area contributed by atoms with Gasteiger partial charge in [0, 0.05) is 24.2 Å². The predicted molar refractivity (Wildman–Crippen MR) is 103 cm³/mol. The molecule has 1 heterocycles. The number of carboxylic acids is 2. The molecule has 9 heteroatoms. The Hall–Kier alpha value is -3.39. The first-order valence-corrected chi connectivity index (χ1v) is 8.38. The zero-order valence-electron chi connectivity index (χ0n) is 14.8. The third-order valence-electron chi connectivity index (χ3n) is 3.71. The molecule has 0 saturated carbocycles. The van der Waals surface area contributed by atoms with E-state index in [9.17, 15) is 4.39 Å². The fourth-order valence-corrected chi connectivity index (χ4v) is 2.48. The highest BCUT2D eigenvalue weighted by Crippen LogP contribution is 2.23. The van der Waals surface area contributed by atoms with E-state index in [-0.39, 0.29) is 5.82 Å². The highest BCUT2D eigenvalue weighted by molar-refractivity contribution is 6.31. The molecule has 0 saturated heterocycles. The third kappa shape index (κ3) is 5.55.